The second kappa shape index (κ2) is 6.00. The van der Waals surface area contributed by atoms with Crippen LogP contribution in [0.5, 0.6) is 0 Å². The van der Waals surface area contributed by atoms with Crippen molar-refractivity contribution < 1.29 is 9.53 Å². The molecule has 1 aromatic heterocycles. The van der Waals surface area contributed by atoms with Gasteiger partial charge in [0, 0.05) is 13.1 Å². The van der Waals surface area contributed by atoms with Crippen molar-refractivity contribution in [2.75, 3.05) is 24.6 Å². The molecule has 1 saturated heterocycles. The fourth-order valence-electron chi connectivity index (χ4n) is 1.95. The van der Waals surface area contributed by atoms with Gasteiger partial charge >= 0.3 is 5.97 Å². The van der Waals surface area contributed by atoms with E-state index in [4.69, 9.17) is 16.3 Å². The Morgan fingerprint density at radius 1 is 1.44 bits per heavy atom. The molecule has 0 amide bonds. The molecule has 5 nitrogen and oxygen atoms in total. The summed E-state index contributed by atoms with van der Waals surface area (Å²) in [5.74, 6) is 0.0605. The number of hydrogen-bond donors (Lipinski definition) is 0. The molecule has 1 aliphatic rings. The maximum absolute atomic E-state index is 11.7. The topological polar surface area (TPSA) is 55.3 Å². The Bertz CT molecular complexity index is 433. The van der Waals surface area contributed by atoms with Crippen molar-refractivity contribution in [1.82, 2.24) is 9.97 Å². The third-order valence-electron chi connectivity index (χ3n) is 2.84. The highest BCUT2D eigenvalue weighted by molar-refractivity contribution is 6.33. The summed E-state index contributed by atoms with van der Waals surface area (Å²) >= 11 is 5.92. The molecule has 0 bridgehead atoms. The highest BCUT2D eigenvalue weighted by atomic mass is 35.5. The normalized spacial score (nSPS) is 15.6. The van der Waals surface area contributed by atoms with E-state index in [9.17, 15) is 4.79 Å². The Hall–Kier alpha value is -1.36. The maximum Gasteiger partial charge on any atom is 0.358 e. The van der Waals surface area contributed by atoms with Gasteiger partial charge in [0.05, 0.1) is 17.8 Å². The molecule has 1 fully saturated rings. The second-order valence-corrected chi connectivity index (χ2v) is 4.54. The van der Waals surface area contributed by atoms with Crippen molar-refractivity contribution >= 4 is 23.5 Å². The molecule has 0 aromatic carbocycles. The molecular formula is C12H16ClN3O2. The van der Waals surface area contributed by atoms with E-state index in [1.807, 2.05) is 0 Å². The number of piperidine rings is 1. The van der Waals surface area contributed by atoms with E-state index >= 15 is 0 Å². The molecule has 0 spiro atoms. The summed E-state index contributed by atoms with van der Waals surface area (Å²) in [5.41, 5.74) is 0.147. The van der Waals surface area contributed by atoms with E-state index in [-0.39, 0.29) is 10.7 Å². The summed E-state index contributed by atoms with van der Waals surface area (Å²) in [4.78, 5) is 22.2. The monoisotopic (exact) mass is 269 g/mol. The Morgan fingerprint density at radius 3 is 2.83 bits per heavy atom. The van der Waals surface area contributed by atoms with Gasteiger partial charge in [-0.3, -0.25) is 0 Å². The quantitative estimate of drug-likeness (QED) is 0.788. The van der Waals surface area contributed by atoms with Crippen LogP contribution in [0.2, 0.25) is 5.02 Å². The Morgan fingerprint density at radius 2 is 2.17 bits per heavy atom. The molecule has 2 heterocycles. The van der Waals surface area contributed by atoms with Gasteiger partial charge in [0.15, 0.2) is 5.69 Å². The fraction of sp³-hybridized carbons (Fsp3) is 0.583. The summed E-state index contributed by atoms with van der Waals surface area (Å²) in [6.07, 6.45) is 4.95. The zero-order valence-electron chi connectivity index (χ0n) is 10.4. The van der Waals surface area contributed by atoms with Crippen molar-refractivity contribution in [3.05, 3.63) is 16.9 Å². The number of aromatic nitrogens is 2. The third kappa shape index (κ3) is 2.90. The van der Waals surface area contributed by atoms with Gasteiger partial charge in [-0.05, 0) is 26.2 Å². The number of nitrogens with zero attached hydrogens (tertiary/aromatic N) is 3. The molecule has 98 valence electrons. The molecule has 2 rings (SSSR count). The zero-order valence-corrected chi connectivity index (χ0v) is 11.1. The van der Waals surface area contributed by atoms with Crippen LogP contribution in [0.1, 0.15) is 36.7 Å². The molecule has 0 unspecified atom stereocenters. The van der Waals surface area contributed by atoms with E-state index in [0.717, 1.165) is 25.9 Å². The SMILES string of the molecule is CCOC(=O)c1nc(N2CCCCC2)ncc1Cl. The van der Waals surface area contributed by atoms with Gasteiger partial charge < -0.3 is 9.64 Å². The van der Waals surface area contributed by atoms with Gasteiger partial charge in [-0.15, -0.1) is 0 Å². The first kappa shape index (κ1) is 13.1. The van der Waals surface area contributed by atoms with E-state index in [0.29, 0.717) is 12.6 Å². The standard InChI is InChI=1S/C12H16ClN3O2/c1-2-18-11(17)10-9(13)8-14-12(15-10)16-6-4-3-5-7-16/h8H,2-7H2,1H3. The number of carbonyl (C=O) groups is 1. The number of carbonyl (C=O) groups excluding carboxylic acids is 1. The number of anilines is 1. The summed E-state index contributed by atoms with van der Waals surface area (Å²) in [7, 11) is 0. The minimum atomic E-state index is -0.497. The Balaban J connectivity index is 2.22. The van der Waals surface area contributed by atoms with E-state index in [2.05, 4.69) is 14.9 Å². The van der Waals surface area contributed by atoms with Crippen LogP contribution in [0.15, 0.2) is 6.20 Å². The van der Waals surface area contributed by atoms with Crippen LogP contribution in [-0.4, -0.2) is 35.6 Å². The average Bonchev–Trinajstić information content (AvgIpc) is 2.40. The van der Waals surface area contributed by atoms with Gasteiger partial charge in [-0.25, -0.2) is 14.8 Å². The average molecular weight is 270 g/mol. The maximum atomic E-state index is 11.7. The first-order chi connectivity index (χ1) is 8.72. The van der Waals surface area contributed by atoms with Crippen molar-refractivity contribution in [2.24, 2.45) is 0 Å². The second-order valence-electron chi connectivity index (χ2n) is 4.13. The van der Waals surface area contributed by atoms with Crippen LogP contribution in [0.4, 0.5) is 5.95 Å². The Kier molecular flexibility index (Phi) is 4.36. The highest BCUT2D eigenvalue weighted by Gasteiger charge is 2.19. The van der Waals surface area contributed by atoms with Crippen molar-refractivity contribution in [3.8, 4) is 0 Å². The number of halogens is 1. The Labute approximate surface area is 111 Å². The summed E-state index contributed by atoms with van der Waals surface area (Å²) < 4.78 is 4.92. The van der Waals surface area contributed by atoms with Crippen LogP contribution in [0.3, 0.4) is 0 Å². The minimum absolute atomic E-state index is 0.147. The predicted octanol–water partition coefficient (Wildman–Crippen LogP) is 2.30. The minimum Gasteiger partial charge on any atom is -0.461 e. The first-order valence-corrected chi connectivity index (χ1v) is 6.54. The van der Waals surface area contributed by atoms with Gasteiger partial charge in [0.2, 0.25) is 5.95 Å². The van der Waals surface area contributed by atoms with Crippen molar-refractivity contribution in [1.29, 1.82) is 0 Å². The highest BCUT2D eigenvalue weighted by Crippen LogP contribution is 2.20. The molecule has 0 atom stereocenters. The zero-order chi connectivity index (χ0) is 13.0. The van der Waals surface area contributed by atoms with E-state index in [1.165, 1.54) is 12.6 Å². The molecule has 1 aliphatic heterocycles. The molecule has 0 radical (unpaired) electrons. The molecular weight excluding hydrogens is 254 g/mol. The van der Waals surface area contributed by atoms with Gasteiger partial charge in [-0.2, -0.15) is 0 Å². The van der Waals surface area contributed by atoms with E-state index in [1.54, 1.807) is 6.92 Å². The smallest absolute Gasteiger partial charge is 0.358 e. The first-order valence-electron chi connectivity index (χ1n) is 6.17. The lowest BCUT2D eigenvalue weighted by molar-refractivity contribution is 0.0519. The lowest BCUT2D eigenvalue weighted by atomic mass is 10.1. The molecule has 1 aromatic rings. The molecule has 18 heavy (non-hydrogen) atoms. The molecule has 0 aliphatic carbocycles. The lowest BCUT2D eigenvalue weighted by Crippen LogP contribution is -2.31. The predicted molar refractivity (Wildman–Crippen MR) is 69.1 cm³/mol. The fourth-order valence-corrected chi connectivity index (χ4v) is 2.11. The lowest BCUT2D eigenvalue weighted by Gasteiger charge is -2.26. The van der Waals surface area contributed by atoms with Crippen LogP contribution in [0.25, 0.3) is 0 Å². The van der Waals surface area contributed by atoms with Crippen LogP contribution >= 0.6 is 11.6 Å². The largest absolute Gasteiger partial charge is 0.461 e. The van der Waals surface area contributed by atoms with Crippen molar-refractivity contribution in [3.63, 3.8) is 0 Å². The molecule has 0 saturated carbocycles. The summed E-state index contributed by atoms with van der Waals surface area (Å²) in [6.45, 7) is 3.89. The van der Waals surface area contributed by atoms with Gasteiger partial charge in [-0.1, -0.05) is 11.6 Å². The number of rotatable bonds is 3. The molecule has 6 heteroatoms. The number of hydrogen-bond acceptors (Lipinski definition) is 5. The van der Waals surface area contributed by atoms with E-state index < -0.39 is 5.97 Å². The van der Waals surface area contributed by atoms with Crippen LogP contribution < -0.4 is 4.90 Å². The van der Waals surface area contributed by atoms with Crippen molar-refractivity contribution in [2.45, 2.75) is 26.2 Å². The summed E-state index contributed by atoms with van der Waals surface area (Å²) in [6, 6.07) is 0. The number of ether oxygens (including phenoxy) is 1. The third-order valence-corrected chi connectivity index (χ3v) is 3.12. The number of esters is 1. The summed E-state index contributed by atoms with van der Waals surface area (Å²) in [5, 5.41) is 0.231. The van der Waals surface area contributed by atoms with Crippen LogP contribution in [0, 0.1) is 0 Å². The van der Waals surface area contributed by atoms with Gasteiger partial charge in [0.25, 0.3) is 0 Å². The van der Waals surface area contributed by atoms with Crippen LogP contribution in [-0.2, 0) is 4.74 Å². The van der Waals surface area contributed by atoms with Gasteiger partial charge in [0.1, 0.15) is 0 Å². The molecule has 0 N–H and O–H groups in total.